The van der Waals surface area contributed by atoms with Crippen molar-refractivity contribution in [3.05, 3.63) is 69.8 Å². The van der Waals surface area contributed by atoms with Crippen LogP contribution in [0.2, 0.25) is 0 Å². The first-order valence-corrected chi connectivity index (χ1v) is 6.83. The van der Waals surface area contributed by atoms with Crippen molar-refractivity contribution in [2.45, 2.75) is 18.4 Å². The van der Waals surface area contributed by atoms with Gasteiger partial charge in [0.15, 0.2) is 0 Å². The van der Waals surface area contributed by atoms with E-state index in [1.54, 1.807) is 12.1 Å². The maximum atomic E-state index is 10.7. The maximum Gasteiger partial charge on any atom is 0.269 e. The molecule has 1 aliphatic heterocycles. The zero-order valence-electron chi connectivity index (χ0n) is 11.5. The van der Waals surface area contributed by atoms with Crippen LogP contribution in [0.3, 0.4) is 0 Å². The number of nitrogens with zero attached hydrogens (tertiary/aromatic N) is 1. The fourth-order valence-electron chi connectivity index (χ4n) is 2.76. The molecule has 0 aromatic heterocycles. The predicted octanol–water partition coefficient (Wildman–Crippen LogP) is 2.77. The van der Waals surface area contributed by atoms with Crippen molar-refractivity contribution >= 4 is 5.69 Å². The van der Waals surface area contributed by atoms with Gasteiger partial charge in [0.1, 0.15) is 5.75 Å². The number of hydrogen-bond donors (Lipinski definition) is 1. The quantitative estimate of drug-likeness (QED) is 0.694. The van der Waals surface area contributed by atoms with Gasteiger partial charge in [0.05, 0.1) is 17.1 Å². The largest absolute Gasteiger partial charge is 0.493 e. The van der Waals surface area contributed by atoms with E-state index in [0.29, 0.717) is 13.0 Å². The molecule has 0 saturated carbocycles. The molecule has 0 saturated heterocycles. The minimum absolute atomic E-state index is 0.0946. The molecule has 2 aromatic carbocycles. The molecule has 21 heavy (non-hydrogen) atoms. The lowest BCUT2D eigenvalue weighted by Gasteiger charge is -2.35. The molecular formula is C16H16N2O3. The lowest BCUT2D eigenvalue weighted by atomic mass is 9.80. The summed E-state index contributed by atoms with van der Waals surface area (Å²) in [7, 11) is 0. The van der Waals surface area contributed by atoms with Gasteiger partial charge in [0, 0.05) is 24.1 Å². The highest BCUT2D eigenvalue weighted by Crippen LogP contribution is 2.37. The minimum atomic E-state index is -0.495. The molecule has 0 radical (unpaired) electrons. The van der Waals surface area contributed by atoms with Crippen molar-refractivity contribution in [1.82, 2.24) is 0 Å². The molecule has 0 bridgehead atoms. The highest BCUT2D eigenvalue weighted by Gasteiger charge is 2.33. The van der Waals surface area contributed by atoms with Gasteiger partial charge < -0.3 is 10.5 Å². The molecule has 1 heterocycles. The van der Waals surface area contributed by atoms with Crippen LogP contribution in [0.1, 0.15) is 17.5 Å². The number of benzene rings is 2. The van der Waals surface area contributed by atoms with E-state index in [1.807, 2.05) is 24.3 Å². The number of nitro benzene ring substituents is 1. The summed E-state index contributed by atoms with van der Waals surface area (Å²) in [5, 5.41) is 10.7. The summed E-state index contributed by atoms with van der Waals surface area (Å²) in [5.74, 6) is 0.827. The molecule has 0 fully saturated rings. The van der Waals surface area contributed by atoms with Gasteiger partial charge in [-0.2, -0.15) is 0 Å². The van der Waals surface area contributed by atoms with E-state index in [4.69, 9.17) is 10.5 Å². The Morgan fingerprint density at radius 1 is 1.19 bits per heavy atom. The Kier molecular flexibility index (Phi) is 3.35. The first-order chi connectivity index (χ1) is 10.1. The third-order valence-electron chi connectivity index (χ3n) is 3.90. The molecule has 1 aliphatic rings. The lowest BCUT2D eigenvalue weighted by molar-refractivity contribution is -0.384. The summed E-state index contributed by atoms with van der Waals surface area (Å²) in [4.78, 5) is 10.3. The summed E-state index contributed by atoms with van der Waals surface area (Å²) >= 11 is 0. The monoisotopic (exact) mass is 284 g/mol. The zero-order valence-corrected chi connectivity index (χ0v) is 11.5. The molecule has 0 amide bonds. The number of rotatable bonds is 3. The number of hydrogen-bond acceptors (Lipinski definition) is 4. The molecule has 0 aliphatic carbocycles. The Morgan fingerprint density at radius 2 is 1.90 bits per heavy atom. The second kappa shape index (κ2) is 5.18. The van der Waals surface area contributed by atoms with E-state index in [9.17, 15) is 10.1 Å². The molecule has 108 valence electrons. The Labute approximate surface area is 122 Å². The van der Waals surface area contributed by atoms with E-state index in [2.05, 4.69) is 0 Å². The Hall–Kier alpha value is -2.40. The van der Waals surface area contributed by atoms with Crippen LogP contribution in [0.25, 0.3) is 0 Å². The van der Waals surface area contributed by atoms with Crippen molar-refractivity contribution in [3.63, 3.8) is 0 Å². The van der Waals surface area contributed by atoms with Gasteiger partial charge in [0.25, 0.3) is 5.69 Å². The van der Waals surface area contributed by atoms with Gasteiger partial charge in [-0.15, -0.1) is 0 Å². The third kappa shape index (κ3) is 2.60. The van der Waals surface area contributed by atoms with Crippen LogP contribution in [-0.4, -0.2) is 11.5 Å². The van der Waals surface area contributed by atoms with Gasteiger partial charge in [-0.1, -0.05) is 30.3 Å². The maximum absolute atomic E-state index is 10.7. The third-order valence-corrected chi connectivity index (χ3v) is 3.90. The average Bonchev–Trinajstić information content (AvgIpc) is 2.48. The van der Waals surface area contributed by atoms with Crippen molar-refractivity contribution < 1.29 is 9.66 Å². The minimum Gasteiger partial charge on any atom is -0.493 e. The Balaban J connectivity index is 1.89. The predicted molar refractivity (Wildman–Crippen MR) is 79.2 cm³/mol. The smallest absolute Gasteiger partial charge is 0.269 e. The summed E-state index contributed by atoms with van der Waals surface area (Å²) in [5.41, 5.74) is 8.17. The average molecular weight is 284 g/mol. The van der Waals surface area contributed by atoms with Gasteiger partial charge in [0.2, 0.25) is 0 Å². The molecule has 5 heteroatoms. The number of fused-ring (bicyclic) bond motifs is 1. The Bertz CT molecular complexity index is 669. The summed E-state index contributed by atoms with van der Waals surface area (Å²) in [6.45, 7) is 0.584. The fourth-order valence-corrected chi connectivity index (χ4v) is 2.76. The van der Waals surface area contributed by atoms with E-state index in [0.717, 1.165) is 23.3 Å². The van der Waals surface area contributed by atoms with Crippen molar-refractivity contribution in [2.24, 2.45) is 5.73 Å². The van der Waals surface area contributed by atoms with Gasteiger partial charge in [-0.25, -0.2) is 0 Å². The van der Waals surface area contributed by atoms with Crippen molar-refractivity contribution in [1.29, 1.82) is 0 Å². The lowest BCUT2D eigenvalue weighted by Crippen LogP contribution is -2.43. The van der Waals surface area contributed by atoms with Crippen LogP contribution < -0.4 is 10.5 Å². The number of para-hydroxylation sites is 1. The van der Waals surface area contributed by atoms with E-state index in [1.165, 1.54) is 12.1 Å². The van der Waals surface area contributed by atoms with E-state index < -0.39 is 10.5 Å². The summed E-state index contributed by atoms with van der Waals surface area (Å²) < 4.78 is 5.64. The summed E-state index contributed by atoms with van der Waals surface area (Å²) in [6, 6.07) is 14.4. The van der Waals surface area contributed by atoms with Crippen molar-refractivity contribution in [2.75, 3.05) is 6.61 Å². The number of nitro groups is 1. The van der Waals surface area contributed by atoms with Gasteiger partial charge >= 0.3 is 0 Å². The van der Waals surface area contributed by atoms with Crippen LogP contribution in [0.4, 0.5) is 5.69 Å². The van der Waals surface area contributed by atoms with Crippen LogP contribution in [0, 0.1) is 10.1 Å². The number of non-ortho nitro benzene ring substituents is 1. The first-order valence-electron chi connectivity index (χ1n) is 6.83. The van der Waals surface area contributed by atoms with Crippen LogP contribution >= 0.6 is 0 Å². The molecule has 2 aromatic rings. The molecular weight excluding hydrogens is 268 g/mol. The first kappa shape index (κ1) is 13.6. The van der Waals surface area contributed by atoms with E-state index in [-0.39, 0.29) is 5.69 Å². The topological polar surface area (TPSA) is 78.4 Å². The van der Waals surface area contributed by atoms with Gasteiger partial charge in [-0.05, 0) is 18.1 Å². The fraction of sp³-hybridized carbons (Fsp3) is 0.250. The Morgan fingerprint density at radius 3 is 2.62 bits per heavy atom. The SMILES string of the molecule is NC1(Cc2ccc([N+](=O)[O-])cc2)CCOc2ccccc21. The summed E-state index contributed by atoms with van der Waals surface area (Å²) in [6.07, 6.45) is 1.35. The van der Waals surface area contributed by atoms with Crippen LogP contribution in [-0.2, 0) is 12.0 Å². The number of nitrogens with two attached hydrogens (primary N) is 1. The molecule has 0 spiro atoms. The second-order valence-corrected chi connectivity index (χ2v) is 5.35. The number of ether oxygens (including phenoxy) is 1. The van der Waals surface area contributed by atoms with E-state index >= 15 is 0 Å². The standard InChI is InChI=1S/C16H16N2O3/c17-16(9-10-21-15-4-2-1-3-14(15)16)11-12-5-7-13(8-6-12)18(19)20/h1-8H,9-11,17H2. The highest BCUT2D eigenvalue weighted by molar-refractivity contribution is 5.42. The molecule has 1 unspecified atom stereocenters. The van der Waals surface area contributed by atoms with Crippen molar-refractivity contribution in [3.8, 4) is 5.75 Å². The zero-order chi connectivity index (χ0) is 14.9. The van der Waals surface area contributed by atoms with Gasteiger partial charge in [-0.3, -0.25) is 10.1 Å². The normalized spacial score (nSPS) is 20.4. The highest BCUT2D eigenvalue weighted by atomic mass is 16.6. The molecule has 3 rings (SSSR count). The van der Waals surface area contributed by atoms with Crippen LogP contribution in [0.15, 0.2) is 48.5 Å². The van der Waals surface area contributed by atoms with Crippen LogP contribution in [0.5, 0.6) is 5.75 Å². The second-order valence-electron chi connectivity index (χ2n) is 5.35. The molecule has 5 nitrogen and oxygen atoms in total. The molecule has 2 N–H and O–H groups in total. The molecule has 1 atom stereocenters.